The zero-order chi connectivity index (χ0) is 19.2. The van der Waals surface area contributed by atoms with Gasteiger partial charge in [-0.25, -0.2) is 0 Å². The van der Waals surface area contributed by atoms with Crippen LogP contribution in [0.5, 0.6) is 0 Å². The lowest BCUT2D eigenvalue weighted by Gasteiger charge is -2.15. The lowest BCUT2D eigenvalue weighted by Crippen LogP contribution is -2.15. The van der Waals surface area contributed by atoms with Crippen molar-refractivity contribution >= 4 is 22.7 Å². The fourth-order valence-corrected chi connectivity index (χ4v) is 2.82. The minimum absolute atomic E-state index is 0.0509. The molecule has 3 aromatic rings. The van der Waals surface area contributed by atoms with Crippen LogP contribution in [0.2, 0.25) is 0 Å². The Hall–Kier alpha value is -3.77. The number of nitrogens with one attached hydrogen (secondary N) is 1. The molecule has 0 bridgehead atoms. The SMILES string of the molecule is O=C(C(=C(NO)c1ccccc1)c1ccccc1)c1ccccc1[N+](=O)[O-]. The molecule has 0 aliphatic rings. The van der Waals surface area contributed by atoms with Crippen molar-refractivity contribution in [2.75, 3.05) is 0 Å². The minimum Gasteiger partial charge on any atom is -0.291 e. The highest BCUT2D eigenvalue weighted by atomic mass is 16.6. The average molecular weight is 360 g/mol. The summed E-state index contributed by atoms with van der Waals surface area (Å²) >= 11 is 0. The van der Waals surface area contributed by atoms with Gasteiger partial charge in [0.2, 0.25) is 5.78 Å². The number of carbonyl (C=O) groups excluding carboxylic acids is 1. The van der Waals surface area contributed by atoms with Crippen molar-refractivity contribution < 1.29 is 14.9 Å². The number of allylic oxidation sites excluding steroid dienone is 1. The zero-order valence-electron chi connectivity index (χ0n) is 14.2. The molecule has 27 heavy (non-hydrogen) atoms. The number of carbonyl (C=O) groups is 1. The van der Waals surface area contributed by atoms with E-state index in [-0.39, 0.29) is 22.5 Å². The average Bonchev–Trinajstić information content (AvgIpc) is 2.72. The van der Waals surface area contributed by atoms with Gasteiger partial charge < -0.3 is 0 Å². The van der Waals surface area contributed by atoms with Crippen molar-refractivity contribution in [2.24, 2.45) is 0 Å². The molecule has 0 spiro atoms. The molecule has 6 heteroatoms. The molecule has 3 aromatic carbocycles. The van der Waals surface area contributed by atoms with Gasteiger partial charge in [0.05, 0.1) is 16.2 Å². The lowest BCUT2D eigenvalue weighted by atomic mass is 9.92. The van der Waals surface area contributed by atoms with Gasteiger partial charge in [-0.2, -0.15) is 0 Å². The number of nitro groups is 1. The summed E-state index contributed by atoms with van der Waals surface area (Å²) in [5, 5.41) is 21.2. The van der Waals surface area contributed by atoms with E-state index >= 15 is 0 Å². The van der Waals surface area contributed by atoms with Crippen LogP contribution in [-0.2, 0) is 0 Å². The van der Waals surface area contributed by atoms with E-state index in [1.807, 2.05) is 6.07 Å². The summed E-state index contributed by atoms with van der Waals surface area (Å²) in [4.78, 5) is 24.1. The molecular formula is C21H16N2O4. The second-order valence-electron chi connectivity index (χ2n) is 5.70. The molecule has 0 fully saturated rings. The molecule has 3 rings (SSSR count). The van der Waals surface area contributed by atoms with E-state index in [1.165, 1.54) is 18.2 Å². The molecule has 0 amide bonds. The fraction of sp³-hybridized carbons (Fsp3) is 0. The Bertz CT molecular complexity index is 999. The van der Waals surface area contributed by atoms with Crippen molar-refractivity contribution in [1.29, 1.82) is 0 Å². The molecule has 0 aliphatic carbocycles. The van der Waals surface area contributed by atoms with Gasteiger partial charge in [-0.15, -0.1) is 0 Å². The highest BCUT2D eigenvalue weighted by Crippen LogP contribution is 2.30. The van der Waals surface area contributed by atoms with E-state index in [0.29, 0.717) is 11.1 Å². The highest BCUT2D eigenvalue weighted by Gasteiger charge is 2.26. The summed E-state index contributed by atoms with van der Waals surface area (Å²) in [5.74, 6) is -0.561. The van der Waals surface area contributed by atoms with Gasteiger partial charge in [-0.3, -0.25) is 25.6 Å². The first kappa shape index (κ1) is 18.0. The second kappa shape index (κ2) is 8.07. The van der Waals surface area contributed by atoms with E-state index in [1.54, 1.807) is 60.7 Å². The standard InChI is InChI=1S/C21H16N2O4/c24-21(17-13-7-8-14-18(17)23(26)27)19(15-9-3-1-4-10-15)20(22-25)16-11-5-2-6-12-16/h1-14,22,25H. The number of hydrogen-bond donors (Lipinski definition) is 2. The maximum atomic E-state index is 13.3. The van der Waals surface area contributed by atoms with Crippen molar-refractivity contribution in [1.82, 2.24) is 5.48 Å². The maximum absolute atomic E-state index is 13.3. The Kier molecular flexibility index (Phi) is 5.39. The number of nitro benzene ring substituents is 1. The summed E-state index contributed by atoms with van der Waals surface area (Å²) < 4.78 is 0. The van der Waals surface area contributed by atoms with Crippen molar-refractivity contribution in [2.45, 2.75) is 0 Å². The van der Waals surface area contributed by atoms with E-state index in [4.69, 9.17) is 0 Å². The number of hydrogen-bond acceptors (Lipinski definition) is 5. The predicted molar refractivity (Wildman–Crippen MR) is 102 cm³/mol. The Labute approximate surface area is 155 Å². The number of hydroxylamine groups is 1. The second-order valence-corrected chi connectivity index (χ2v) is 5.70. The number of Topliss-reactive ketones (excluding diaryl/α,β-unsaturated/α-hetero) is 1. The minimum atomic E-state index is -0.593. The molecule has 134 valence electrons. The normalized spacial score (nSPS) is 11.4. The topological polar surface area (TPSA) is 92.5 Å². The van der Waals surface area contributed by atoms with Crippen LogP contribution in [0, 0.1) is 10.1 Å². The molecule has 2 N–H and O–H groups in total. The molecule has 0 aliphatic heterocycles. The van der Waals surface area contributed by atoms with Crippen LogP contribution in [0.1, 0.15) is 21.5 Å². The van der Waals surface area contributed by atoms with Gasteiger partial charge >= 0.3 is 0 Å². The van der Waals surface area contributed by atoms with Gasteiger partial charge in [0.1, 0.15) is 5.56 Å². The van der Waals surface area contributed by atoms with E-state index in [9.17, 15) is 20.1 Å². The molecule has 0 aromatic heterocycles. The van der Waals surface area contributed by atoms with Crippen molar-refractivity contribution in [3.05, 3.63) is 112 Å². The van der Waals surface area contributed by atoms with Gasteiger partial charge in [-0.05, 0) is 11.6 Å². The number of benzene rings is 3. The van der Waals surface area contributed by atoms with E-state index < -0.39 is 10.7 Å². The molecule has 0 atom stereocenters. The van der Waals surface area contributed by atoms with E-state index in [0.717, 1.165) is 0 Å². The van der Waals surface area contributed by atoms with Crippen LogP contribution in [0.25, 0.3) is 11.3 Å². The third-order valence-corrected chi connectivity index (χ3v) is 4.06. The molecule has 0 unspecified atom stereocenters. The van der Waals surface area contributed by atoms with Crippen LogP contribution in [0.3, 0.4) is 0 Å². The molecule has 0 heterocycles. The fourth-order valence-electron chi connectivity index (χ4n) is 2.82. The molecule has 0 saturated heterocycles. The number of nitrogens with zero attached hydrogens (tertiary/aromatic N) is 1. The van der Waals surface area contributed by atoms with Gasteiger partial charge in [0, 0.05) is 11.6 Å². The third-order valence-electron chi connectivity index (χ3n) is 4.06. The molecule has 0 saturated carbocycles. The largest absolute Gasteiger partial charge is 0.291 e. The number of para-hydroxylation sites is 1. The summed E-state index contributed by atoms with van der Waals surface area (Å²) in [6.07, 6.45) is 0. The van der Waals surface area contributed by atoms with Crippen LogP contribution in [-0.4, -0.2) is 15.9 Å². The van der Waals surface area contributed by atoms with Crippen molar-refractivity contribution in [3.63, 3.8) is 0 Å². The Morgan fingerprint density at radius 2 is 1.33 bits per heavy atom. The van der Waals surface area contributed by atoms with Gasteiger partial charge in [0.15, 0.2) is 0 Å². The first-order chi connectivity index (χ1) is 13.1. The summed E-state index contributed by atoms with van der Waals surface area (Å²) in [5.41, 5.74) is 3.18. The smallest absolute Gasteiger partial charge is 0.280 e. The summed E-state index contributed by atoms with van der Waals surface area (Å²) in [6, 6.07) is 23.3. The Morgan fingerprint density at radius 1 is 0.815 bits per heavy atom. The monoisotopic (exact) mass is 360 g/mol. The molecule has 6 nitrogen and oxygen atoms in total. The Balaban J connectivity index is 2.28. The number of ketones is 1. The maximum Gasteiger partial charge on any atom is 0.280 e. The highest BCUT2D eigenvalue weighted by molar-refractivity contribution is 6.35. The van der Waals surface area contributed by atoms with Crippen LogP contribution >= 0.6 is 0 Å². The van der Waals surface area contributed by atoms with Gasteiger partial charge in [-0.1, -0.05) is 72.8 Å². The lowest BCUT2D eigenvalue weighted by molar-refractivity contribution is -0.385. The Morgan fingerprint density at radius 3 is 1.89 bits per heavy atom. The van der Waals surface area contributed by atoms with Crippen molar-refractivity contribution in [3.8, 4) is 0 Å². The zero-order valence-corrected chi connectivity index (χ0v) is 14.2. The van der Waals surface area contributed by atoms with Crippen LogP contribution < -0.4 is 5.48 Å². The first-order valence-corrected chi connectivity index (χ1v) is 8.17. The summed E-state index contributed by atoms with van der Waals surface area (Å²) in [6.45, 7) is 0. The quantitative estimate of drug-likeness (QED) is 0.224. The van der Waals surface area contributed by atoms with Gasteiger partial charge in [0.25, 0.3) is 5.69 Å². The third kappa shape index (κ3) is 3.75. The molecular weight excluding hydrogens is 344 g/mol. The number of rotatable bonds is 6. The van der Waals surface area contributed by atoms with Crippen LogP contribution in [0.15, 0.2) is 84.9 Å². The first-order valence-electron chi connectivity index (χ1n) is 8.17. The molecule has 0 radical (unpaired) electrons. The predicted octanol–water partition coefficient (Wildman–Crippen LogP) is 4.32. The summed E-state index contributed by atoms with van der Waals surface area (Å²) in [7, 11) is 0. The van der Waals surface area contributed by atoms with E-state index in [2.05, 4.69) is 5.48 Å². The van der Waals surface area contributed by atoms with Crippen LogP contribution in [0.4, 0.5) is 5.69 Å².